The Hall–Kier alpha value is -2.91. The molecule has 0 spiro atoms. The molecule has 9 heteroatoms. The quantitative estimate of drug-likeness (QED) is 0.410. The van der Waals surface area contributed by atoms with E-state index in [-0.39, 0.29) is 18.0 Å². The van der Waals surface area contributed by atoms with Crippen molar-refractivity contribution in [2.75, 3.05) is 13.1 Å². The molecular weight excluding hydrogens is 518 g/mol. The highest BCUT2D eigenvalue weighted by Crippen LogP contribution is 2.35. The number of benzene rings is 1. The van der Waals surface area contributed by atoms with Crippen LogP contribution in [0.1, 0.15) is 38.9 Å². The summed E-state index contributed by atoms with van der Waals surface area (Å²) in [6, 6.07) is 10.6. The van der Waals surface area contributed by atoms with Gasteiger partial charge in [-0.25, -0.2) is 14.6 Å². The van der Waals surface area contributed by atoms with E-state index < -0.39 is 0 Å². The smallest absolute Gasteiger partial charge is 0.226 e. The molecule has 1 saturated carbocycles. The molecule has 4 atom stereocenters. The van der Waals surface area contributed by atoms with E-state index in [0.29, 0.717) is 11.8 Å². The fourth-order valence-electron chi connectivity index (χ4n) is 5.90. The van der Waals surface area contributed by atoms with Crippen molar-refractivity contribution in [3.8, 4) is 5.69 Å². The Morgan fingerprint density at radius 3 is 2.81 bits per heavy atom. The highest BCUT2D eigenvalue weighted by atomic mass is 79.9. The molecule has 36 heavy (non-hydrogen) atoms. The van der Waals surface area contributed by atoms with Gasteiger partial charge in [0.05, 0.1) is 16.6 Å². The number of fused-ring (bicyclic) bond motifs is 2. The second-order valence-electron chi connectivity index (χ2n) is 10.3. The van der Waals surface area contributed by atoms with Gasteiger partial charge in [-0.3, -0.25) is 9.78 Å². The van der Waals surface area contributed by atoms with Gasteiger partial charge < -0.3 is 10.2 Å². The monoisotopic (exact) mass is 547 g/mol. The van der Waals surface area contributed by atoms with E-state index in [0.717, 1.165) is 76.8 Å². The molecule has 1 aliphatic heterocycles. The zero-order valence-corrected chi connectivity index (χ0v) is 22.1. The molecular formula is C27H30BrN7O. The first-order valence-corrected chi connectivity index (χ1v) is 13.6. The van der Waals surface area contributed by atoms with Crippen LogP contribution < -0.4 is 5.32 Å². The first-order valence-electron chi connectivity index (χ1n) is 12.8. The van der Waals surface area contributed by atoms with Gasteiger partial charge >= 0.3 is 0 Å². The van der Waals surface area contributed by atoms with Crippen LogP contribution in [0.25, 0.3) is 27.6 Å². The minimum atomic E-state index is 0.104. The number of pyridine rings is 1. The fraction of sp³-hybridized carbons (Fsp3) is 0.444. The van der Waals surface area contributed by atoms with Crippen LogP contribution in [0, 0.1) is 11.8 Å². The minimum absolute atomic E-state index is 0.104. The molecule has 3 aromatic heterocycles. The Balaban J connectivity index is 1.22. The van der Waals surface area contributed by atoms with Gasteiger partial charge in [-0.15, -0.1) is 0 Å². The predicted octanol–water partition coefficient (Wildman–Crippen LogP) is 4.29. The summed E-state index contributed by atoms with van der Waals surface area (Å²) in [6.45, 7) is 6.03. The van der Waals surface area contributed by atoms with E-state index in [2.05, 4.69) is 56.0 Å². The molecule has 2 aliphatic rings. The average Bonchev–Trinajstić information content (AvgIpc) is 3.48. The van der Waals surface area contributed by atoms with Crippen LogP contribution in [0.3, 0.4) is 0 Å². The van der Waals surface area contributed by atoms with Crippen molar-refractivity contribution in [2.24, 2.45) is 11.8 Å². The predicted molar refractivity (Wildman–Crippen MR) is 143 cm³/mol. The normalized spacial score (nSPS) is 24.6. The van der Waals surface area contributed by atoms with Gasteiger partial charge in [0.1, 0.15) is 10.4 Å². The molecule has 1 amide bonds. The number of rotatable bonds is 4. The number of hydrogen-bond acceptors (Lipinski definition) is 6. The molecule has 1 aromatic carbocycles. The maximum Gasteiger partial charge on any atom is 0.226 e. The largest absolute Gasteiger partial charge is 0.334 e. The van der Waals surface area contributed by atoms with Crippen molar-refractivity contribution in [3.05, 3.63) is 53.2 Å². The third kappa shape index (κ3) is 4.28. The Morgan fingerprint density at radius 1 is 1.14 bits per heavy atom. The molecule has 1 saturated heterocycles. The Morgan fingerprint density at radius 2 is 1.97 bits per heavy atom. The van der Waals surface area contributed by atoms with Gasteiger partial charge in [0.2, 0.25) is 5.91 Å². The van der Waals surface area contributed by atoms with E-state index in [4.69, 9.17) is 10.1 Å². The second kappa shape index (κ2) is 9.52. The Labute approximate surface area is 218 Å². The topological polar surface area (TPSA) is 88.8 Å². The van der Waals surface area contributed by atoms with E-state index in [1.54, 1.807) is 6.20 Å². The lowest BCUT2D eigenvalue weighted by molar-refractivity contribution is -0.141. The summed E-state index contributed by atoms with van der Waals surface area (Å²) in [5.74, 6) is 1.65. The number of nitrogens with one attached hydrogen (secondary N) is 1. The summed E-state index contributed by atoms with van der Waals surface area (Å²) >= 11 is 3.58. The summed E-state index contributed by atoms with van der Waals surface area (Å²) in [7, 11) is 0. The number of carbonyl (C=O) groups is 1. The molecule has 0 unspecified atom stereocenters. The van der Waals surface area contributed by atoms with Crippen LogP contribution in [0.4, 0.5) is 0 Å². The van der Waals surface area contributed by atoms with Crippen LogP contribution in [-0.4, -0.2) is 60.7 Å². The van der Waals surface area contributed by atoms with Gasteiger partial charge in [-0.1, -0.05) is 6.07 Å². The lowest BCUT2D eigenvalue weighted by Gasteiger charge is -2.41. The van der Waals surface area contributed by atoms with Crippen LogP contribution in [-0.2, 0) is 11.2 Å². The van der Waals surface area contributed by atoms with E-state index in [1.165, 1.54) is 0 Å². The highest BCUT2D eigenvalue weighted by Gasteiger charge is 2.37. The van der Waals surface area contributed by atoms with E-state index >= 15 is 0 Å². The molecule has 2 fully saturated rings. The third-order valence-corrected chi connectivity index (χ3v) is 8.29. The summed E-state index contributed by atoms with van der Waals surface area (Å²) in [6.07, 6.45) is 7.32. The van der Waals surface area contributed by atoms with Crippen LogP contribution in [0.15, 0.2) is 47.3 Å². The van der Waals surface area contributed by atoms with E-state index in [9.17, 15) is 4.79 Å². The fourth-order valence-corrected chi connectivity index (χ4v) is 6.34. The third-order valence-electron chi connectivity index (χ3n) is 7.71. The van der Waals surface area contributed by atoms with Crippen LogP contribution >= 0.6 is 15.9 Å². The van der Waals surface area contributed by atoms with Crippen LogP contribution in [0.5, 0.6) is 0 Å². The van der Waals surface area contributed by atoms with Crippen molar-refractivity contribution < 1.29 is 4.79 Å². The number of piperazine rings is 1. The van der Waals surface area contributed by atoms with Crippen LogP contribution in [0.2, 0.25) is 0 Å². The molecule has 4 aromatic rings. The number of aromatic nitrogens is 5. The molecule has 4 heterocycles. The van der Waals surface area contributed by atoms with Gasteiger partial charge in [0.15, 0.2) is 5.65 Å². The standard InChI is InChI=1S/C27H30BrN7O/c1-16-13-29-14-17(2)34(16)27(36)20-6-5-18(10-20)11-24-31-15-22-25(28)33-35(26(22)32-24)21-7-8-23-19(12-21)4-3-9-30-23/h3-4,7-9,12,15-18,20,29H,5-6,10-11,13-14H2,1-2H3/t16-,17+,18-,20-/m1/s1. The number of amides is 1. The Bertz CT molecular complexity index is 1430. The number of carbonyl (C=O) groups excluding carboxylic acids is 1. The summed E-state index contributed by atoms with van der Waals surface area (Å²) < 4.78 is 2.59. The maximum absolute atomic E-state index is 13.3. The molecule has 0 radical (unpaired) electrons. The van der Waals surface area contributed by atoms with Crippen molar-refractivity contribution in [1.82, 2.24) is 34.9 Å². The minimum Gasteiger partial charge on any atom is -0.334 e. The van der Waals surface area contributed by atoms with Crippen molar-refractivity contribution >= 4 is 43.8 Å². The lowest BCUT2D eigenvalue weighted by Crippen LogP contribution is -2.58. The summed E-state index contributed by atoms with van der Waals surface area (Å²) in [5, 5.41) is 10.0. The average molecular weight is 548 g/mol. The van der Waals surface area contributed by atoms with E-state index in [1.807, 2.05) is 35.1 Å². The molecule has 6 rings (SSSR count). The first-order chi connectivity index (χ1) is 17.5. The second-order valence-corrected chi connectivity index (χ2v) is 11.0. The van der Waals surface area contributed by atoms with Crippen molar-refractivity contribution in [3.63, 3.8) is 0 Å². The molecule has 8 nitrogen and oxygen atoms in total. The molecule has 186 valence electrons. The van der Waals surface area contributed by atoms with Gasteiger partial charge in [-0.2, -0.15) is 5.10 Å². The number of nitrogens with zero attached hydrogens (tertiary/aromatic N) is 6. The number of halogens is 1. The highest BCUT2D eigenvalue weighted by molar-refractivity contribution is 9.10. The molecule has 1 aliphatic carbocycles. The van der Waals surface area contributed by atoms with Crippen molar-refractivity contribution in [1.29, 1.82) is 0 Å². The molecule has 0 bridgehead atoms. The summed E-state index contributed by atoms with van der Waals surface area (Å²) in [4.78, 5) is 29.5. The van der Waals surface area contributed by atoms with Gasteiger partial charge in [0, 0.05) is 55.3 Å². The van der Waals surface area contributed by atoms with Gasteiger partial charge in [0.25, 0.3) is 0 Å². The van der Waals surface area contributed by atoms with Gasteiger partial charge in [-0.05, 0) is 79.2 Å². The molecule has 1 N–H and O–H groups in total. The zero-order valence-electron chi connectivity index (χ0n) is 20.6. The van der Waals surface area contributed by atoms with Crippen molar-refractivity contribution in [2.45, 2.75) is 51.6 Å². The summed E-state index contributed by atoms with van der Waals surface area (Å²) in [5.41, 5.74) is 2.66. The first kappa shape index (κ1) is 23.5. The maximum atomic E-state index is 13.3. The Kier molecular flexibility index (Phi) is 6.21. The SMILES string of the molecule is C[C@@H]1CNC[C@H](C)N1C(=O)[C@@H]1CC[C@@H](Cc2ncc3c(Br)nn(-c4ccc5ncccc5c4)c3n2)C1. The zero-order chi connectivity index (χ0) is 24.8. The number of hydrogen-bond donors (Lipinski definition) is 1. The lowest BCUT2D eigenvalue weighted by atomic mass is 9.98.